The molecule has 0 aliphatic carbocycles. The fourth-order valence-corrected chi connectivity index (χ4v) is 1.89. The molecule has 0 radical (unpaired) electrons. The highest BCUT2D eigenvalue weighted by atomic mass is 35.5. The van der Waals surface area contributed by atoms with Gasteiger partial charge in [-0.2, -0.15) is 0 Å². The Balaban J connectivity index is 2.53. The van der Waals surface area contributed by atoms with Gasteiger partial charge < -0.3 is 4.90 Å². The Morgan fingerprint density at radius 3 is 2.83 bits per heavy atom. The number of rotatable bonds is 3. The van der Waals surface area contributed by atoms with Crippen LogP contribution >= 0.6 is 11.6 Å². The van der Waals surface area contributed by atoms with E-state index in [1.54, 1.807) is 28.9 Å². The fraction of sp³-hybridized carbons (Fsp3) is 0.231. The standard InChI is InChI=1S/C13H14ClN3O/c1-9-13(11(18)6-7-16(2)3)17-8-10(14)4-5-12(17)15-9/h4-8H,1-3H3/b7-6+. The van der Waals surface area contributed by atoms with Crippen molar-refractivity contribution in [2.75, 3.05) is 14.1 Å². The molecule has 0 saturated heterocycles. The van der Waals surface area contributed by atoms with E-state index in [4.69, 9.17) is 11.6 Å². The Morgan fingerprint density at radius 1 is 1.44 bits per heavy atom. The van der Waals surface area contributed by atoms with E-state index in [-0.39, 0.29) is 5.78 Å². The van der Waals surface area contributed by atoms with Crippen LogP contribution in [-0.2, 0) is 0 Å². The maximum absolute atomic E-state index is 12.1. The number of pyridine rings is 1. The van der Waals surface area contributed by atoms with E-state index in [0.717, 1.165) is 5.65 Å². The minimum absolute atomic E-state index is 0.0871. The number of fused-ring (bicyclic) bond motifs is 1. The molecule has 0 atom stereocenters. The number of allylic oxidation sites excluding steroid dienone is 1. The summed E-state index contributed by atoms with van der Waals surface area (Å²) in [6.07, 6.45) is 4.94. The Kier molecular flexibility index (Phi) is 3.39. The first-order chi connectivity index (χ1) is 8.49. The number of hydrogen-bond donors (Lipinski definition) is 0. The Bertz CT molecular complexity index is 628. The number of imidazole rings is 1. The lowest BCUT2D eigenvalue weighted by molar-refractivity contribution is 0.104. The summed E-state index contributed by atoms with van der Waals surface area (Å²) in [7, 11) is 3.73. The van der Waals surface area contributed by atoms with E-state index in [2.05, 4.69) is 4.98 Å². The van der Waals surface area contributed by atoms with E-state index in [1.807, 2.05) is 25.9 Å². The van der Waals surface area contributed by atoms with Gasteiger partial charge in [0.05, 0.1) is 10.7 Å². The van der Waals surface area contributed by atoms with Gasteiger partial charge in [0.15, 0.2) is 0 Å². The Labute approximate surface area is 110 Å². The number of aromatic nitrogens is 2. The largest absolute Gasteiger partial charge is 0.383 e. The molecule has 2 heterocycles. The van der Waals surface area contributed by atoms with Crippen LogP contribution in [0.25, 0.3) is 5.65 Å². The van der Waals surface area contributed by atoms with Gasteiger partial charge in [-0.15, -0.1) is 0 Å². The van der Waals surface area contributed by atoms with Crippen molar-refractivity contribution in [2.24, 2.45) is 0 Å². The van der Waals surface area contributed by atoms with Crippen molar-refractivity contribution in [2.45, 2.75) is 6.92 Å². The van der Waals surface area contributed by atoms with Crippen LogP contribution in [0.5, 0.6) is 0 Å². The molecule has 18 heavy (non-hydrogen) atoms. The number of hydrogen-bond acceptors (Lipinski definition) is 3. The first kappa shape index (κ1) is 12.6. The van der Waals surface area contributed by atoms with Crippen LogP contribution in [0.1, 0.15) is 16.2 Å². The fourth-order valence-electron chi connectivity index (χ4n) is 1.73. The van der Waals surface area contributed by atoms with Crippen molar-refractivity contribution in [1.82, 2.24) is 14.3 Å². The molecule has 94 valence electrons. The van der Waals surface area contributed by atoms with Gasteiger partial charge in [0.2, 0.25) is 5.78 Å². The molecule has 5 heteroatoms. The molecule has 0 unspecified atom stereocenters. The highest BCUT2D eigenvalue weighted by molar-refractivity contribution is 6.30. The monoisotopic (exact) mass is 263 g/mol. The molecule has 0 bridgehead atoms. The first-order valence-corrected chi connectivity index (χ1v) is 5.90. The number of ketones is 1. The summed E-state index contributed by atoms with van der Waals surface area (Å²) in [5.41, 5.74) is 1.97. The highest BCUT2D eigenvalue weighted by Crippen LogP contribution is 2.17. The zero-order chi connectivity index (χ0) is 13.3. The average molecular weight is 264 g/mol. The lowest BCUT2D eigenvalue weighted by Crippen LogP contribution is -2.06. The van der Waals surface area contributed by atoms with Crippen LogP contribution in [0.3, 0.4) is 0 Å². The molecule has 2 aromatic heterocycles. The van der Waals surface area contributed by atoms with Crippen molar-refractivity contribution < 1.29 is 4.79 Å². The molecular weight excluding hydrogens is 250 g/mol. The van der Waals surface area contributed by atoms with Crippen molar-refractivity contribution >= 4 is 23.0 Å². The summed E-state index contributed by atoms with van der Waals surface area (Å²) >= 11 is 5.95. The number of halogens is 1. The van der Waals surface area contributed by atoms with E-state index in [1.165, 1.54) is 6.08 Å². The summed E-state index contributed by atoms with van der Waals surface area (Å²) in [6, 6.07) is 3.55. The smallest absolute Gasteiger partial charge is 0.205 e. The van der Waals surface area contributed by atoms with E-state index in [9.17, 15) is 4.79 Å². The molecule has 0 aromatic carbocycles. The third-order valence-electron chi connectivity index (χ3n) is 2.51. The average Bonchev–Trinajstić information content (AvgIpc) is 2.61. The van der Waals surface area contributed by atoms with Gasteiger partial charge in [-0.05, 0) is 19.1 Å². The van der Waals surface area contributed by atoms with E-state index < -0.39 is 0 Å². The molecule has 0 saturated carbocycles. The van der Waals surface area contributed by atoms with Crippen LogP contribution in [0.15, 0.2) is 30.6 Å². The predicted octanol–water partition coefficient (Wildman–Crippen LogP) is 2.55. The van der Waals surface area contributed by atoms with Crippen LogP contribution < -0.4 is 0 Å². The van der Waals surface area contributed by atoms with Gasteiger partial charge in [0.1, 0.15) is 11.3 Å². The summed E-state index contributed by atoms with van der Waals surface area (Å²) in [6.45, 7) is 1.82. The van der Waals surface area contributed by atoms with Crippen molar-refractivity contribution in [3.8, 4) is 0 Å². The van der Waals surface area contributed by atoms with Gasteiger partial charge in [0.25, 0.3) is 0 Å². The van der Waals surface area contributed by atoms with Crippen molar-refractivity contribution in [1.29, 1.82) is 0 Å². The second kappa shape index (κ2) is 4.82. The highest BCUT2D eigenvalue weighted by Gasteiger charge is 2.14. The van der Waals surface area contributed by atoms with Crippen LogP contribution in [0.4, 0.5) is 0 Å². The number of carbonyl (C=O) groups excluding carboxylic acids is 1. The van der Waals surface area contributed by atoms with Crippen LogP contribution in [-0.4, -0.2) is 34.2 Å². The molecule has 0 spiro atoms. The van der Waals surface area contributed by atoms with Gasteiger partial charge in [-0.1, -0.05) is 11.6 Å². The minimum Gasteiger partial charge on any atom is -0.383 e. The second-order valence-electron chi connectivity index (χ2n) is 4.26. The molecule has 2 rings (SSSR count). The third kappa shape index (κ3) is 2.38. The maximum Gasteiger partial charge on any atom is 0.205 e. The SMILES string of the molecule is Cc1nc2ccc(Cl)cn2c1C(=O)/C=C/N(C)C. The summed E-state index contributed by atoms with van der Waals surface area (Å²) < 4.78 is 1.72. The normalized spacial score (nSPS) is 11.3. The molecule has 0 N–H and O–H groups in total. The summed E-state index contributed by atoms with van der Waals surface area (Å²) in [5, 5.41) is 0.575. The van der Waals surface area contributed by atoms with E-state index in [0.29, 0.717) is 16.4 Å². The van der Waals surface area contributed by atoms with Gasteiger partial charge in [-0.3, -0.25) is 9.20 Å². The first-order valence-electron chi connectivity index (χ1n) is 5.52. The number of carbonyl (C=O) groups is 1. The third-order valence-corrected chi connectivity index (χ3v) is 2.74. The van der Waals surface area contributed by atoms with Crippen LogP contribution in [0, 0.1) is 6.92 Å². The molecule has 0 fully saturated rings. The predicted molar refractivity (Wildman–Crippen MR) is 72.1 cm³/mol. The molecular formula is C13H14ClN3O. The minimum atomic E-state index is -0.0871. The lowest BCUT2D eigenvalue weighted by atomic mass is 10.2. The quantitative estimate of drug-likeness (QED) is 0.631. The Morgan fingerprint density at radius 2 is 2.17 bits per heavy atom. The van der Waals surface area contributed by atoms with Crippen molar-refractivity contribution in [3.05, 3.63) is 47.0 Å². The van der Waals surface area contributed by atoms with Crippen molar-refractivity contribution in [3.63, 3.8) is 0 Å². The maximum atomic E-state index is 12.1. The summed E-state index contributed by atoms with van der Waals surface area (Å²) in [5.74, 6) is -0.0871. The van der Waals surface area contributed by atoms with Gasteiger partial charge in [-0.25, -0.2) is 4.98 Å². The van der Waals surface area contributed by atoms with Gasteiger partial charge >= 0.3 is 0 Å². The lowest BCUT2D eigenvalue weighted by Gasteiger charge is -2.03. The second-order valence-corrected chi connectivity index (χ2v) is 4.70. The molecule has 2 aromatic rings. The number of nitrogens with zero attached hydrogens (tertiary/aromatic N) is 3. The molecule has 0 aliphatic rings. The number of aryl methyl sites for hydroxylation is 1. The molecule has 0 amide bonds. The molecule has 4 nitrogen and oxygen atoms in total. The zero-order valence-electron chi connectivity index (χ0n) is 10.5. The topological polar surface area (TPSA) is 37.6 Å². The Hall–Kier alpha value is -1.81. The van der Waals surface area contributed by atoms with Gasteiger partial charge in [0, 0.05) is 32.6 Å². The summed E-state index contributed by atoms with van der Waals surface area (Å²) in [4.78, 5) is 18.3. The van der Waals surface area contributed by atoms with E-state index >= 15 is 0 Å². The molecule has 0 aliphatic heterocycles. The zero-order valence-corrected chi connectivity index (χ0v) is 11.3. The van der Waals surface area contributed by atoms with Crippen LogP contribution in [0.2, 0.25) is 5.02 Å².